The van der Waals surface area contributed by atoms with E-state index in [1.807, 2.05) is 0 Å². The predicted molar refractivity (Wildman–Crippen MR) is 151 cm³/mol. The first-order valence-electron chi connectivity index (χ1n) is 14.2. The summed E-state index contributed by atoms with van der Waals surface area (Å²) < 4.78 is 47.8. The van der Waals surface area contributed by atoms with Crippen LogP contribution in [0.25, 0.3) is 0 Å². The van der Waals surface area contributed by atoms with Gasteiger partial charge < -0.3 is 39.1 Å². The van der Waals surface area contributed by atoms with Crippen molar-refractivity contribution in [3.05, 3.63) is 58.8 Å². The van der Waals surface area contributed by atoms with E-state index >= 15 is 0 Å². The molecule has 1 unspecified atom stereocenters. The van der Waals surface area contributed by atoms with Crippen molar-refractivity contribution in [3.8, 4) is 0 Å². The van der Waals surface area contributed by atoms with Crippen molar-refractivity contribution in [3.63, 3.8) is 0 Å². The first-order valence-corrected chi connectivity index (χ1v) is 14.2. The second-order valence-corrected chi connectivity index (χ2v) is 10.5. The Balaban J connectivity index is 1.59. The Morgan fingerprint density at radius 1 is 0.936 bits per heavy atom. The van der Waals surface area contributed by atoms with Crippen molar-refractivity contribution in [2.75, 3.05) is 6.61 Å². The number of nitrogens with zero attached hydrogens (tertiary/aromatic N) is 3. The highest BCUT2D eigenvalue weighted by atomic mass is 19.1. The lowest BCUT2D eigenvalue weighted by atomic mass is 9.95. The molecule has 1 aromatic carbocycles. The molecule has 17 nitrogen and oxygen atoms in total. The van der Waals surface area contributed by atoms with Crippen LogP contribution in [0.5, 0.6) is 0 Å². The fraction of sp³-hybridized carbons (Fsp3) is 0.448. The van der Waals surface area contributed by atoms with Crippen LogP contribution in [0.1, 0.15) is 58.1 Å². The number of carbonyl (C=O) groups is 6. The van der Waals surface area contributed by atoms with Gasteiger partial charge in [-0.25, -0.2) is 18.7 Å². The Labute approximate surface area is 266 Å². The SMILES string of the molecule is CC(=O)OC[C@H]1O[C@@H](n2cc(COC(=O)C3=C(C)NC(=O)NC3c3cccc(F)c3)nn2)[C@H](OC(C)=O)[C@@H](OC(C)=O)[C@@H]1OC(C)=O. The molecule has 6 atom stereocenters. The summed E-state index contributed by atoms with van der Waals surface area (Å²) in [6, 6.07) is 3.76. The van der Waals surface area contributed by atoms with Gasteiger partial charge in [0.05, 0.1) is 17.8 Å². The molecule has 0 saturated carbocycles. The predicted octanol–water partition coefficient (Wildman–Crippen LogP) is 1.04. The second kappa shape index (κ2) is 14.8. The van der Waals surface area contributed by atoms with E-state index in [2.05, 4.69) is 20.9 Å². The standard InChI is InChI=1S/C29H32FN5O12/c1-13-22(23(32-29(41)31-13)18-7-6-8-19(30)9-18)28(40)43-11-20-10-35(34-33-20)27-26(46-17(5)39)25(45-16(4)38)24(44-15(3)37)21(47-27)12-42-14(2)36/h6-10,21,23-27H,11-12H2,1-5H3,(H2,31,32,41)/t21-,23?,24-,25+,26-,27-/m1/s1. The minimum Gasteiger partial charge on any atom is -0.463 e. The molecule has 2 amide bonds. The number of amides is 2. The van der Waals surface area contributed by atoms with Crippen molar-refractivity contribution < 1.29 is 61.6 Å². The summed E-state index contributed by atoms with van der Waals surface area (Å²) in [7, 11) is 0. The van der Waals surface area contributed by atoms with E-state index in [0.717, 1.165) is 32.4 Å². The number of esters is 5. The summed E-state index contributed by atoms with van der Waals surface area (Å²) in [4.78, 5) is 73.1. The van der Waals surface area contributed by atoms with Gasteiger partial charge in [0.1, 0.15) is 30.8 Å². The Morgan fingerprint density at radius 2 is 1.60 bits per heavy atom. The van der Waals surface area contributed by atoms with Gasteiger partial charge in [0.15, 0.2) is 24.5 Å². The van der Waals surface area contributed by atoms with Crippen LogP contribution in [0.4, 0.5) is 9.18 Å². The van der Waals surface area contributed by atoms with Crippen LogP contribution in [0.15, 0.2) is 41.7 Å². The Bertz CT molecular complexity index is 1590. The fourth-order valence-electron chi connectivity index (χ4n) is 5.04. The molecule has 0 aliphatic carbocycles. The third-order valence-electron chi connectivity index (χ3n) is 6.81. The van der Waals surface area contributed by atoms with Crippen molar-refractivity contribution in [1.82, 2.24) is 25.6 Å². The molecule has 0 bridgehead atoms. The van der Waals surface area contributed by atoms with Gasteiger partial charge in [-0.3, -0.25) is 19.2 Å². The molecule has 0 spiro atoms. The van der Waals surface area contributed by atoms with E-state index in [9.17, 15) is 33.2 Å². The number of urea groups is 1. The average molecular weight is 662 g/mol. The third kappa shape index (κ3) is 8.66. The number of ether oxygens (including phenoxy) is 6. The van der Waals surface area contributed by atoms with Crippen LogP contribution < -0.4 is 10.6 Å². The number of nitrogens with one attached hydrogen (secondary N) is 2. The summed E-state index contributed by atoms with van der Waals surface area (Å²) in [5.41, 5.74) is 0.594. The molecule has 2 aliphatic rings. The van der Waals surface area contributed by atoms with E-state index in [0.29, 0.717) is 5.56 Å². The van der Waals surface area contributed by atoms with Crippen molar-refractivity contribution in [1.29, 1.82) is 0 Å². The van der Waals surface area contributed by atoms with Gasteiger partial charge in [0, 0.05) is 33.4 Å². The van der Waals surface area contributed by atoms with Gasteiger partial charge in [0.25, 0.3) is 0 Å². The molecule has 2 aromatic rings. The van der Waals surface area contributed by atoms with Gasteiger partial charge in [-0.15, -0.1) is 5.10 Å². The summed E-state index contributed by atoms with van der Waals surface area (Å²) in [6.45, 7) is 5.03. The Morgan fingerprint density at radius 3 is 2.23 bits per heavy atom. The van der Waals surface area contributed by atoms with Gasteiger partial charge in [-0.2, -0.15) is 0 Å². The topological polar surface area (TPSA) is 213 Å². The molecule has 2 aliphatic heterocycles. The van der Waals surface area contributed by atoms with Crippen LogP contribution in [0, 0.1) is 5.82 Å². The van der Waals surface area contributed by atoms with Gasteiger partial charge >= 0.3 is 35.9 Å². The molecular weight excluding hydrogens is 629 g/mol. The average Bonchev–Trinajstić information content (AvgIpc) is 3.44. The quantitative estimate of drug-likeness (QED) is 0.269. The summed E-state index contributed by atoms with van der Waals surface area (Å²) in [5.74, 6) is -4.51. The zero-order valence-electron chi connectivity index (χ0n) is 25.9. The number of halogens is 1. The summed E-state index contributed by atoms with van der Waals surface area (Å²) in [5, 5.41) is 13.0. The largest absolute Gasteiger partial charge is 0.463 e. The molecule has 0 radical (unpaired) electrons. The molecule has 18 heteroatoms. The molecule has 2 N–H and O–H groups in total. The molecular formula is C29H32FN5O12. The molecule has 47 heavy (non-hydrogen) atoms. The van der Waals surface area contributed by atoms with Crippen LogP contribution in [0.3, 0.4) is 0 Å². The highest BCUT2D eigenvalue weighted by Gasteiger charge is 2.53. The zero-order chi connectivity index (χ0) is 34.4. The van der Waals surface area contributed by atoms with Crippen molar-refractivity contribution >= 4 is 35.9 Å². The second-order valence-electron chi connectivity index (χ2n) is 10.5. The zero-order valence-corrected chi connectivity index (χ0v) is 25.9. The number of carbonyl (C=O) groups excluding carboxylic acids is 6. The van der Waals surface area contributed by atoms with E-state index < -0.39 is 91.6 Å². The smallest absolute Gasteiger partial charge is 0.338 e. The number of allylic oxidation sites excluding steroid dienone is 1. The highest BCUT2D eigenvalue weighted by molar-refractivity contribution is 5.95. The fourth-order valence-corrected chi connectivity index (χ4v) is 5.04. The molecule has 3 heterocycles. The van der Waals surface area contributed by atoms with Crippen LogP contribution in [-0.2, 0) is 59.0 Å². The van der Waals surface area contributed by atoms with Gasteiger partial charge in [-0.1, -0.05) is 17.3 Å². The van der Waals surface area contributed by atoms with Gasteiger partial charge in [-0.05, 0) is 24.6 Å². The number of hydrogen-bond donors (Lipinski definition) is 2. The maximum absolute atomic E-state index is 13.9. The summed E-state index contributed by atoms with van der Waals surface area (Å²) in [6.07, 6.45) is -5.55. The monoisotopic (exact) mass is 661 g/mol. The van der Waals surface area contributed by atoms with Crippen LogP contribution >= 0.6 is 0 Å². The molecule has 4 rings (SSSR count). The maximum Gasteiger partial charge on any atom is 0.338 e. The molecule has 1 saturated heterocycles. The minimum absolute atomic E-state index is 0.0159. The lowest BCUT2D eigenvalue weighted by Gasteiger charge is -2.44. The van der Waals surface area contributed by atoms with Crippen LogP contribution in [-0.4, -0.2) is 81.9 Å². The van der Waals surface area contributed by atoms with E-state index in [1.54, 1.807) is 6.07 Å². The van der Waals surface area contributed by atoms with Gasteiger partial charge in [0.2, 0.25) is 0 Å². The molecule has 1 aromatic heterocycles. The lowest BCUT2D eigenvalue weighted by Crippen LogP contribution is -2.60. The highest BCUT2D eigenvalue weighted by Crippen LogP contribution is 2.35. The van der Waals surface area contributed by atoms with Crippen molar-refractivity contribution in [2.24, 2.45) is 0 Å². The maximum atomic E-state index is 13.9. The lowest BCUT2D eigenvalue weighted by molar-refractivity contribution is -0.270. The van der Waals surface area contributed by atoms with Crippen molar-refractivity contribution in [2.45, 2.75) is 77.9 Å². The van der Waals surface area contributed by atoms with E-state index in [-0.39, 0.29) is 17.0 Å². The van der Waals surface area contributed by atoms with E-state index in [4.69, 9.17) is 28.4 Å². The molecule has 1 fully saturated rings. The Kier molecular flexibility index (Phi) is 10.9. The Hall–Kier alpha value is -5.39. The number of rotatable bonds is 10. The number of benzene rings is 1. The first-order chi connectivity index (χ1) is 22.2. The van der Waals surface area contributed by atoms with Crippen LogP contribution in [0.2, 0.25) is 0 Å². The summed E-state index contributed by atoms with van der Waals surface area (Å²) >= 11 is 0. The van der Waals surface area contributed by atoms with E-state index in [1.165, 1.54) is 31.3 Å². The number of hydrogen-bond acceptors (Lipinski definition) is 14. The first kappa shape index (κ1) is 34.5. The third-order valence-corrected chi connectivity index (χ3v) is 6.81. The molecule has 252 valence electrons. The number of aromatic nitrogens is 3. The minimum atomic E-state index is -1.44. The normalized spacial score (nSPS) is 23.9.